The molecule has 23 heavy (non-hydrogen) atoms. The van der Waals surface area contributed by atoms with Crippen molar-refractivity contribution in [2.75, 3.05) is 12.4 Å². The number of methoxy groups -OCH3 is 1. The first-order valence-electron chi connectivity index (χ1n) is 6.94. The second kappa shape index (κ2) is 7.69. The number of thioether (sulfide) groups is 1. The first-order chi connectivity index (χ1) is 11.0. The zero-order valence-electron chi connectivity index (χ0n) is 12.8. The summed E-state index contributed by atoms with van der Waals surface area (Å²) in [7, 11) is 1.61. The quantitative estimate of drug-likeness (QED) is 0.792. The fraction of sp³-hybridized carbons (Fsp3) is 0.176. The number of anilines is 1. The standard InChI is InChI=1S/C17H17NO4S/c1-11(23-15-9-7-14(22-2)8-10-15)16(19)18-13-5-3-12(4-6-13)17(20)21/h3-11H,1-2H3,(H,18,19)(H,20,21)/t11-/m1/s1. The Bertz CT molecular complexity index is 683. The molecule has 6 heteroatoms. The van der Waals surface area contributed by atoms with E-state index < -0.39 is 5.97 Å². The van der Waals surface area contributed by atoms with Crippen LogP contribution < -0.4 is 10.1 Å². The van der Waals surface area contributed by atoms with Gasteiger partial charge in [-0.1, -0.05) is 0 Å². The van der Waals surface area contributed by atoms with Crippen LogP contribution in [0.4, 0.5) is 5.69 Å². The van der Waals surface area contributed by atoms with Gasteiger partial charge >= 0.3 is 5.97 Å². The van der Waals surface area contributed by atoms with Gasteiger partial charge in [-0.3, -0.25) is 4.79 Å². The highest BCUT2D eigenvalue weighted by Crippen LogP contribution is 2.26. The lowest BCUT2D eigenvalue weighted by Gasteiger charge is -2.12. The minimum absolute atomic E-state index is 0.145. The second-order valence-corrected chi connectivity index (χ2v) is 6.22. The van der Waals surface area contributed by atoms with Crippen LogP contribution in [0, 0.1) is 0 Å². The van der Waals surface area contributed by atoms with E-state index in [2.05, 4.69) is 5.32 Å². The lowest BCUT2D eigenvalue weighted by molar-refractivity contribution is -0.115. The molecule has 0 aliphatic rings. The maximum absolute atomic E-state index is 12.2. The number of carboxylic acids is 1. The normalized spacial score (nSPS) is 11.6. The van der Waals surface area contributed by atoms with Crippen molar-refractivity contribution in [3.8, 4) is 5.75 Å². The van der Waals surface area contributed by atoms with Crippen LogP contribution in [-0.4, -0.2) is 29.3 Å². The van der Waals surface area contributed by atoms with E-state index in [4.69, 9.17) is 9.84 Å². The highest BCUT2D eigenvalue weighted by Gasteiger charge is 2.15. The number of aromatic carboxylic acids is 1. The first kappa shape index (κ1) is 16.9. The summed E-state index contributed by atoms with van der Waals surface area (Å²) in [5, 5.41) is 11.3. The second-order valence-electron chi connectivity index (χ2n) is 4.81. The number of nitrogens with one attached hydrogen (secondary N) is 1. The first-order valence-corrected chi connectivity index (χ1v) is 7.82. The Labute approximate surface area is 138 Å². The Morgan fingerprint density at radius 1 is 1.09 bits per heavy atom. The number of ether oxygens (including phenoxy) is 1. The van der Waals surface area contributed by atoms with Gasteiger partial charge in [-0.2, -0.15) is 0 Å². The van der Waals surface area contributed by atoms with Crippen molar-refractivity contribution >= 4 is 29.3 Å². The van der Waals surface area contributed by atoms with Crippen LogP contribution in [0.25, 0.3) is 0 Å². The molecule has 2 aromatic carbocycles. The van der Waals surface area contributed by atoms with Crippen LogP contribution in [0.15, 0.2) is 53.4 Å². The van der Waals surface area contributed by atoms with Crippen molar-refractivity contribution in [2.45, 2.75) is 17.1 Å². The average molecular weight is 331 g/mol. The number of rotatable bonds is 6. The Morgan fingerprint density at radius 3 is 2.22 bits per heavy atom. The molecule has 0 fully saturated rings. The molecule has 1 atom stereocenters. The molecule has 0 heterocycles. The third kappa shape index (κ3) is 4.75. The van der Waals surface area contributed by atoms with Crippen molar-refractivity contribution in [1.82, 2.24) is 0 Å². The number of carbonyl (C=O) groups excluding carboxylic acids is 1. The minimum atomic E-state index is -0.994. The largest absolute Gasteiger partial charge is 0.497 e. The zero-order valence-corrected chi connectivity index (χ0v) is 13.6. The van der Waals surface area contributed by atoms with Crippen LogP contribution in [0.2, 0.25) is 0 Å². The summed E-state index contributed by atoms with van der Waals surface area (Å²) in [6.07, 6.45) is 0. The monoisotopic (exact) mass is 331 g/mol. The molecule has 1 amide bonds. The van der Waals surface area contributed by atoms with Crippen molar-refractivity contribution in [3.63, 3.8) is 0 Å². The van der Waals surface area contributed by atoms with Crippen LogP contribution in [0.3, 0.4) is 0 Å². The predicted octanol–water partition coefficient (Wildman–Crippen LogP) is 3.51. The lowest BCUT2D eigenvalue weighted by Crippen LogP contribution is -2.22. The van der Waals surface area contributed by atoms with Gasteiger partial charge in [0.05, 0.1) is 17.9 Å². The average Bonchev–Trinajstić information content (AvgIpc) is 2.56. The molecule has 0 saturated heterocycles. The molecule has 2 N–H and O–H groups in total. The molecule has 5 nitrogen and oxygen atoms in total. The number of amides is 1. The summed E-state index contributed by atoms with van der Waals surface area (Å²) in [6.45, 7) is 1.82. The lowest BCUT2D eigenvalue weighted by atomic mass is 10.2. The minimum Gasteiger partial charge on any atom is -0.497 e. The van der Waals surface area contributed by atoms with E-state index in [1.54, 1.807) is 19.2 Å². The Kier molecular flexibility index (Phi) is 5.65. The van der Waals surface area contributed by atoms with Gasteiger partial charge in [0.15, 0.2) is 0 Å². The predicted molar refractivity (Wildman–Crippen MR) is 90.3 cm³/mol. The molecule has 0 bridgehead atoms. The molecular weight excluding hydrogens is 314 g/mol. The van der Waals surface area contributed by atoms with Crippen molar-refractivity contribution in [3.05, 3.63) is 54.1 Å². The van der Waals surface area contributed by atoms with E-state index in [0.717, 1.165) is 10.6 Å². The van der Waals surface area contributed by atoms with E-state index in [9.17, 15) is 9.59 Å². The summed E-state index contributed by atoms with van der Waals surface area (Å²) in [5.41, 5.74) is 0.755. The summed E-state index contributed by atoms with van der Waals surface area (Å²) < 4.78 is 5.10. The SMILES string of the molecule is COc1ccc(S[C@H](C)C(=O)Nc2ccc(C(=O)O)cc2)cc1. The number of carboxylic acid groups (broad SMARTS) is 1. The number of hydrogen-bond donors (Lipinski definition) is 2. The molecule has 0 radical (unpaired) electrons. The van der Waals surface area contributed by atoms with Gasteiger partial charge < -0.3 is 15.2 Å². The van der Waals surface area contributed by atoms with Crippen molar-refractivity contribution in [2.24, 2.45) is 0 Å². The van der Waals surface area contributed by atoms with Crippen LogP contribution >= 0.6 is 11.8 Å². The van der Waals surface area contributed by atoms with Crippen molar-refractivity contribution < 1.29 is 19.4 Å². The zero-order chi connectivity index (χ0) is 16.8. The highest BCUT2D eigenvalue weighted by molar-refractivity contribution is 8.00. The Morgan fingerprint density at radius 2 is 1.70 bits per heavy atom. The molecule has 2 aromatic rings. The molecule has 120 valence electrons. The fourth-order valence-electron chi connectivity index (χ4n) is 1.85. The van der Waals surface area contributed by atoms with Gasteiger partial charge in [0, 0.05) is 10.6 Å². The Balaban J connectivity index is 1.94. The number of benzene rings is 2. The molecule has 0 saturated carbocycles. The molecule has 0 aromatic heterocycles. The molecule has 0 aliphatic heterocycles. The summed E-state index contributed by atoms with van der Waals surface area (Å²) in [5.74, 6) is -0.370. The number of hydrogen-bond acceptors (Lipinski definition) is 4. The van der Waals surface area contributed by atoms with E-state index in [1.807, 2.05) is 31.2 Å². The fourth-order valence-corrected chi connectivity index (χ4v) is 2.72. The van der Waals surface area contributed by atoms with E-state index >= 15 is 0 Å². The summed E-state index contributed by atoms with van der Waals surface area (Å²) in [6, 6.07) is 13.6. The maximum Gasteiger partial charge on any atom is 0.335 e. The molecule has 0 spiro atoms. The highest BCUT2D eigenvalue weighted by atomic mass is 32.2. The topological polar surface area (TPSA) is 75.6 Å². The number of carbonyl (C=O) groups is 2. The maximum atomic E-state index is 12.2. The van der Waals surface area contributed by atoms with E-state index in [0.29, 0.717) is 5.69 Å². The molecule has 0 unspecified atom stereocenters. The molecule has 2 rings (SSSR count). The van der Waals surface area contributed by atoms with Crippen molar-refractivity contribution in [1.29, 1.82) is 0 Å². The smallest absolute Gasteiger partial charge is 0.335 e. The van der Waals surface area contributed by atoms with Gasteiger partial charge in [0.25, 0.3) is 0 Å². The summed E-state index contributed by atoms with van der Waals surface area (Å²) >= 11 is 1.44. The van der Waals surface area contributed by atoms with Crippen LogP contribution in [-0.2, 0) is 4.79 Å². The van der Waals surface area contributed by atoms with Gasteiger partial charge in [-0.05, 0) is 55.5 Å². The summed E-state index contributed by atoms with van der Waals surface area (Å²) in [4.78, 5) is 23.9. The third-order valence-corrected chi connectivity index (χ3v) is 4.25. The van der Waals surface area contributed by atoms with Crippen LogP contribution in [0.1, 0.15) is 17.3 Å². The van der Waals surface area contributed by atoms with E-state index in [-0.39, 0.29) is 16.7 Å². The van der Waals surface area contributed by atoms with Gasteiger partial charge in [0.1, 0.15) is 5.75 Å². The third-order valence-electron chi connectivity index (χ3n) is 3.14. The molecule has 0 aliphatic carbocycles. The van der Waals surface area contributed by atoms with Gasteiger partial charge in [-0.15, -0.1) is 11.8 Å². The van der Waals surface area contributed by atoms with Crippen LogP contribution in [0.5, 0.6) is 5.75 Å². The molecular formula is C17H17NO4S. The Hall–Kier alpha value is -2.47. The van der Waals surface area contributed by atoms with Gasteiger partial charge in [-0.25, -0.2) is 4.79 Å². The van der Waals surface area contributed by atoms with Gasteiger partial charge in [0.2, 0.25) is 5.91 Å². The van der Waals surface area contributed by atoms with E-state index in [1.165, 1.54) is 23.9 Å².